The molecule has 0 bridgehead atoms. The summed E-state index contributed by atoms with van der Waals surface area (Å²) in [4.78, 5) is 0. The van der Waals surface area contributed by atoms with Gasteiger partial charge in [-0.1, -0.05) is 0 Å². The van der Waals surface area contributed by atoms with Crippen molar-refractivity contribution in [2.45, 2.75) is 0 Å². The Hall–Kier alpha value is 0.463. The summed E-state index contributed by atoms with van der Waals surface area (Å²) in [5.74, 6) is 0. The number of hydrogen-bond acceptors (Lipinski definition) is 0. The van der Waals surface area contributed by atoms with Crippen LogP contribution in [0, 0.1) is 0 Å². The molecule has 7 heavy (non-hydrogen) atoms. The summed E-state index contributed by atoms with van der Waals surface area (Å²) in [5, 5.41) is 0. The van der Waals surface area contributed by atoms with E-state index in [-0.39, 0.29) is 55.9 Å². The van der Waals surface area contributed by atoms with Gasteiger partial charge in [-0.15, -0.1) is 0 Å². The molecule has 0 heterocycles. The first-order valence-electron chi connectivity index (χ1n) is 0. The van der Waals surface area contributed by atoms with Crippen molar-refractivity contribution in [3.63, 3.8) is 0 Å². The van der Waals surface area contributed by atoms with Crippen molar-refractivity contribution in [2.24, 2.45) is 0 Å². The first-order valence-corrected chi connectivity index (χ1v) is 0. The molecule has 0 N–H and O–H groups in total. The third-order valence-electron chi connectivity index (χ3n) is 0. The van der Waals surface area contributed by atoms with E-state index in [1.165, 1.54) is 0 Å². The van der Waals surface area contributed by atoms with Crippen LogP contribution in [0.2, 0.25) is 0 Å². The molecule has 0 atom stereocenters. The van der Waals surface area contributed by atoms with Crippen LogP contribution in [-0.2, 0) is 26.2 Å². The van der Waals surface area contributed by atoms with Crippen molar-refractivity contribution < 1.29 is 55.9 Å². The Kier molecular flexibility index (Phi) is 187000. The summed E-state index contributed by atoms with van der Waals surface area (Å²) < 4.78 is 0. The molecule has 0 saturated heterocycles. The maximum atomic E-state index is 0. The maximum Gasteiger partial charge on any atom is 1.00 e. The summed E-state index contributed by atoms with van der Waals surface area (Å²) in [5.41, 5.74) is 0. The topological polar surface area (TPSA) is 0 Å². The van der Waals surface area contributed by atoms with Gasteiger partial charge in [0.15, 0.2) is 0 Å². The van der Waals surface area contributed by atoms with Crippen LogP contribution in [0.15, 0.2) is 0 Å². The molecule has 0 saturated carbocycles. The minimum Gasteiger partial charge on any atom is -1.00 e. The Balaban J connectivity index is 0. The Morgan fingerprint density at radius 1 is 0.429 bits per heavy atom. The normalized spacial score (nSPS) is 0. The van der Waals surface area contributed by atoms with E-state index in [9.17, 15) is 0 Å². The van der Waals surface area contributed by atoms with Gasteiger partial charge >= 0.3 is 1.43 Å². The van der Waals surface area contributed by atoms with Gasteiger partial charge in [-0.3, -0.25) is 0 Å². The van der Waals surface area contributed by atoms with E-state index in [1.807, 2.05) is 0 Å². The van der Waals surface area contributed by atoms with E-state index >= 15 is 0 Å². The molecule has 0 amide bonds. The second-order valence-corrected chi connectivity index (χ2v) is 0. The second kappa shape index (κ2) is 899. The Morgan fingerprint density at radius 2 is 0.429 bits per heavy atom. The SMILES string of the molecule is [F-].[F-].[F-].[F-].[F-].[F-].[H+].[Zr]. The number of hydrogen-bond donors (Lipinski definition) is 0. The second-order valence-electron chi connectivity index (χ2n) is 0. The van der Waals surface area contributed by atoms with Crippen LogP contribution in [0.1, 0.15) is 1.43 Å². The van der Waals surface area contributed by atoms with Gasteiger partial charge in [0.1, 0.15) is 0 Å². The zero-order valence-corrected chi connectivity index (χ0v) is 5.23. The van der Waals surface area contributed by atoms with Crippen molar-refractivity contribution in [3.8, 4) is 0 Å². The van der Waals surface area contributed by atoms with Gasteiger partial charge in [0, 0.05) is 26.2 Å². The van der Waals surface area contributed by atoms with Gasteiger partial charge in [-0.05, 0) is 0 Å². The zero-order valence-electron chi connectivity index (χ0n) is 3.77. The monoisotopic (exact) mass is 205 g/mol. The smallest absolute Gasteiger partial charge is 1.00 e. The summed E-state index contributed by atoms with van der Waals surface area (Å²) in [7, 11) is 0. The molecular formula is HF6Zr-5. The molecule has 0 fully saturated rings. The van der Waals surface area contributed by atoms with Gasteiger partial charge in [-0.2, -0.15) is 0 Å². The average Bonchev–Trinajstić information content (AvgIpc) is 0. The van der Waals surface area contributed by atoms with E-state index in [2.05, 4.69) is 0 Å². The molecule has 0 spiro atoms. The van der Waals surface area contributed by atoms with Crippen LogP contribution in [-0.4, -0.2) is 0 Å². The van der Waals surface area contributed by atoms with Crippen LogP contribution in [0.3, 0.4) is 0 Å². The molecule has 0 aromatic carbocycles. The predicted octanol–water partition coefficient (Wildman–Crippen LogP) is -17.9. The quantitative estimate of drug-likeness (QED) is 0.345. The van der Waals surface area contributed by atoms with Crippen molar-refractivity contribution in [1.82, 2.24) is 0 Å². The van der Waals surface area contributed by atoms with Crippen molar-refractivity contribution in [2.75, 3.05) is 0 Å². The molecule has 7 heteroatoms. The average molecular weight is 206 g/mol. The molecule has 0 radical (unpaired) electrons. The molecule has 0 rings (SSSR count). The molecule has 0 aliphatic heterocycles. The van der Waals surface area contributed by atoms with Crippen molar-refractivity contribution in [1.29, 1.82) is 0 Å². The van der Waals surface area contributed by atoms with Gasteiger partial charge in [-0.25, -0.2) is 0 Å². The molecule has 0 aliphatic rings. The van der Waals surface area contributed by atoms with Crippen LogP contribution in [0.4, 0.5) is 0 Å². The fraction of sp³-hybridized carbons (Fsp3) is 0. The maximum absolute atomic E-state index is 0. The summed E-state index contributed by atoms with van der Waals surface area (Å²) in [6, 6.07) is 0. The fourth-order valence-corrected chi connectivity index (χ4v) is 0. The van der Waals surface area contributed by atoms with Crippen LogP contribution >= 0.6 is 0 Å². The van der Waals surface area contributed by atoms with Crippen molar-refractivity contribution >= 4 is 0 Å². The third kappa shape index (κ3) is 600. The minimum absolute atomic E-state index is 0. The van der Waals surface area contributed by atoms with Gasteiger partial charge in [0.25, 0.3) is 0 Å². The largest absolute Gasteiger partial charge is 1.00 e. The molecule has 52 valence electrons. The van der Waals surface area contributed by atoms with E-state index in [1.54, 1.807) is 0 Å². The molecule has 0 unspecified atom stereocenters. The fourth-order valence-electron chi connectivity index (χ4n) is 0. The molecule has 0 aromatic rings. The third-order valence-corrected chi connectivity index (χ3v) is 0. The van der Waals surface area contributed by atoms with Gasteiger partial charge in [0.2, 0.25) is 0 Å². The number of halogens is 6. The van der Waals surface area contributed by atoms with E-state index in [4.69, 9.17) is 0 Å². The van der Waals surface area contributed by atoms with E-state index in [0.29, 0.717) is 0 Å². The first kappa shape index (κ1) is 1450. The zero-order chi connectivity index (χ0) is 0. The standard InChI is InChI=1S/6FH.Zr/h6*1H;/p-5. The Labute approximate surface area is 56.5 Å². The summed E-state index contributed by atoms with van der Waals surface area (Å²) in [6.07, 6.45) is 0. The van der Waals surface area contributed by atoms with Crippen LogP contribution < -0.4 is 28.2 Å². The predicted molar refractivity (Wildman–Crippen MR) is 1.11 cm³/mol. The van der Waals surface area contributed by atoms with E-state index < -0.39 is 0 Å². The number of rotatable bonds is 0. The van der Waals surface area contributed by atoms with Crippen LogP contribution in [0.25, 0.3) is 0 Å². The molecular weight excluding hydrogens is 205 g/mol. The summed E-state index contributed by atoms with van der Waals surface area (Å²) >= 11 is 0. The molecule has 0 aromatic heterocycles. The van der Waals surface area contributed by atoms with Crippen LogP contribution in [0.5, 0.6) is 0 Å². The first-order chi connectivity index (χ1) is 0. The van der Waals surface area contributed by atoms with E-state index in [0.717, 1.165) is 0 Å². The minimum atomic E-state index is 0. The molecule has 0 nitrogen and oxygen atoms in total. The van der Waals surface area contributed by atoms with Gasteiger partial charge < -0.3 is 28.2 Å². The summed E-state index contributed by atoms with van der Waals surface area (Å²) in [6.45, 7) is 0. The van der Waals surface area contributed by atoms with Gasteiger partial charge in [0.05, 0.1) is 0 Å². The Morgan fingerprint density at radius 3 is 0.429 bits per heavy atom. The van der Waals surface area contributed by atoms with Crippen molar-refractivity contribution in [3.05, 3.63) is 0 Å². The Bertz CT molecular complexity index is 8.49. The molecule has 0 aliphatic carbocycles.